The fraction of sp³-hybridized carbons (Fsp3) is 0.222. The van der Waals surface area contributed by atoms with Crippen LogP contribution in [0, 0.1) is 0 Å². The highest BCUT2D eigenvalue weighted by atomic mass is 16.5. The van der Waals surface area contributed by atoms with Crippen molar-refractivity contribution >= 4 is 11.2 Å². The molecule has 1 aliphatic heterocycles. The van der Waals surface area contributed by atoms with Crippen molar-refractivity contribution in [3.63, 3.8) is 0 Å². The predicted octanol–water partition coefficient (Wildman–Crippen LogP) is 0.552. The van der Waals surface area contributed by atoms with Gasteiger partial charge in [0.15, 0.2) is 17.4 Å². The third-order valence-corrected chi connectivity index (χ3v) is 2.35. The number of hydrogen-bond donors (Lipinski definition) is 1. The molecule has 15 heavy (non-hydrogen) atoms. The number of fused-ring (bicyclic) bond motifs is 1. The maximum Gasteiger partial charge on any atom is 0.278 e. The highest BCUT2D eigenvalue weighted by molar-refractivity contribution is 5.68. The smallest absolute Gasteiger partial charge is 0.278 e. The van der Waals surface area contributed by atoms with Crippen LogP contribution in [0.15, 0.2) is 29.8 Å². The molecule has 3 rings (SSSR count). The highest BCUT2D eigenvalue weighted by Gasteiger charge is 2.17. The summed E-state index contributed by atoms with van der Waals surface area (Å²) in [5.41, 5.74) is 0.658. The summed E-state index contributed by atoms with van der Waals surface area (Å²) in [6, 6.07) is 0. The van der Waals surface area contributed by atoms with Gasteiger partial charge >= 0.3 is 0 Å². The molecule has 6 heteroatoms. The summed E-state index contributed by atoms with van der Waals surface area (Å²) < 4.78 is 7.09. The molecule has 0 amide bonds. The molecule has 76 valence electrons. The van der Waals surface area contributed by atoms with Crippen LogP contribution in [0.1, 0.15) is 12.6 Å². The Hall–Kier alpha value is -2.11. The van der Waals surface area contributed by atoms with Crippen LogP contribution < -0.4 is 5.56 Å². The summed E-state index contributed by atoms with van der Waals surface area (Å²) in [7, 11) is 0. The molecule has 0 saturated heterocycles. The van der Waals surface area contributed by atoms with Gasteiger partial charge < -0.3 is 9.72 Å². The van der Waals surface area contributed by atoms with E-state index in [1.54, 1.807) is 17.2 Å². The third kappa shape index (κ3) is 1.14. The molecule has 0 spiro atoms. The Morgan fingerprint density at radius 1 is 1.53 bits per heavy atom. The summed E-state index contributed by atoms with van der Waals surface area (Å²) in [5, 5.41) is 0. The number of imidazole rings is 1. The van der Waals surface area contributed by atoms with Crippen LogP contribution >= 0.6 is 0 Å². The maximum absolute atomic E-state index is 11.4. The van der Waals surface area contributed by atoms with Crippen molar-refractivity contribution in [2.75, 3.05) is 0 Å². The SMILES string of the molecule is O=c1[nH]cnc2c1ncn2C1CC=CO1. The number of nitrogens with zero attached hydrogens (tertiary/aromatic N) is 3. The van der Waals surface area contributed by atoms with Crippen LogP contribution in [0.4, 0.5) is 0 Å². The van der Waals surface area contributed by atoms with Crippen molar-refractivity contribution in [3.8, 4) is 0 Å². The molecular formula is C9H8N4O2. The zero-order valence-electron chi connectivity index (χ0n) is 7.75. The topological polar surface area (TPSA) is 72.8 Å². The number of ether oxygens (including phenoxy) is 1. The summed E-state index contributed by atoms with van der Waals surface area (Å²) in [4.78, 5) is 22.0. The van der Waals surface area contributed by atoms with Crippen molar-refractivity contribution in [1.29, 1.82) is 0 Å². The zero-order chi connectivity index (χ0) is 10.3. The molecule has 0 aromatic carbocycles. The molecule has 1 aliphatic rings. The van der Waals surface area contributed by atoms with Crippen LogP contribution in [0.25, 0.3) is 11.2 Å². The highest BCUT2D eigenvalue weighted by Crippen LogP contribution is 2.22. The molecule has 2 aromatic rings. The Kier molecular flexibility index (Phi) is 1.61. The molecule has 2 aromatic heterocycles. The van der Waals surface area contributed by atoms with Gasteiger partial charge in [0.05, 0.1) is 12.6 Å². The van der Waals surface area contributed by atoms with Crippen molar-refractivity contribution < 1.29 is 4.74 Å². The van der Waals surface area contributed by atoms with Gasteiger partial charge in [-0.1, -0.05) is 0 Å². The molecule has 0 fully saturated rings. The van der Waals surface area contributed by atoms with E-state index in [4.69, 9.17) is 4.74 Å². The lowest BCUT2D eigenvalue weighted by atomic mass is 10.4. The monoisotopic (exact) mass is 204 g/mol. The number of rotatable bonds is 1. The maximum atomic E-state index is 11.4. The van der Waals surface area contributed by atoms with Crippen LogP contribution in [0.5, 0.6) is 0 Å². The van der Waals surface area contributed by atoms with Gasteiger partial charge in [-0.05, 0) is 6.08 Å². The van der Waals surface area contributed by atoms with Crippen molar-refractivity contribution in [2.45, 2.75) is 12.6 Å². The standard InChI is InChI=1S/C9H8N4O2/c14-9-7-8(10-4-11-9)13(5-12-7)6-2-1-3-15-6/h1,3-6H,2H2,(H,10,11,14). The lowest BCUT2D eigenvalue weighted by Crippen LogP contribution is -2.10. The van der Waals surface area contributed by atoms with Gasteiger partial charge in [-0.3, -0.25) is 9.36 Å². The Bertz CT molecular complexity index is 575. The lowest BCUT2D eigenvalue weighted by Gasteiger charge is -2.11. The minimum Gasteiger partial charge on any atom is -0.478 e. The van der Waals surface area contributed by atoms with Crippen LogP contribution in [0.3, 0.4) is 0 Å². The van der Waals surface area contributed by atoms with Crippen molar-refractivity contribution in [1.82, 2.24) is 19.5 Å². The van der Waals surface area contributed by atoms with E-state index in [-0.39, 0.29) is 11.8 Å². The van der Waals surface area contributed by atoms with E-state index in [0.717, 1.165) is 6.42 Å². The minimum absolute atomic E-state index is 0.135. The molecule has 6 nitrogen and oxygen atoms in total. The Morgan fingerprint density at radius 3 is 3.27 bits per heavy atom. The van der Waals surface area contributed by atoms with Gasteiger partial charge in [-0.25, -0.2) is 9.97 Å². The molecule has 1 N–H and O–H groups in total. The van der Waals surface area contributed by atoms with Gasteiger partial charge in [0, 0.05) is 6.42 Å². The number of aromatic nitrogens is 4. The van der Waals surface area contributed by atoms with E-state index in [9.17, 15) is 4.79 Å². The van der Waals surface area contributed by atoms with E-state index in [1.807, 2.05) is 6.08 Å². The van der Waals surface area contributed by atoms with Gasteiger partial charge in [0.25, 0.3) is 5.56 Å². The van der Waals surface area contributed by atoms with Crippen LogP contribution in [-0.4, -0.2) is 19.5 Å². The quantitative estimate of drug-likeness (QED) is 0.736. The molecule has 0 saturated carbocycles. The lowest BCUT2D eigenvalue weighted by molar-refractivity contribution is 0.108. The van der Waals surface area contributed by atoms with Gasteiger partial charge in [0.2, 0.25) is 0 Å². The fourth-order valence-electron chi connectivity index (χ4n) is 1.63. The molecule has 1 unspecified atom stereocenters. The summed E-state index contributed by atoms with van der Waals surface area (Å²) in [6.45, 7) is 0. The largest absolute Gasteiger partial charge is 0.478 e. The van der Waals surface area contributed by atoms with E-state index >= 15 is 0 Å². The second-order valence-corrected chi connectivity index (χ2v) is 3.25. The van der Waals surface area contributed by atoms with Gasteiger partial charge in [-0.15, -0.1) is 0 Å². The average Bonchev–Trinajstić information content (AvgIpc) is 2.85. The zero-order valence-corrected chi connectivity index (χ0v) is 7.75. The second kappa shape index (κ2) is 2.94. The first-order valence-corrected chi connectivity index (χ1v) is 4.57. The number of H-pyrrole nitrogens is 1. The Balaban J connectivity index is 2.20. The van der Waals surface area contributed by atoms with Gasteiger partial charge in [-0.2, -0.15) is 0 Å². The van der Waals surface area contributed by atoms with Crippen molar-refractivity contribution in [3.05, 3.63) is 35.3 Å². The van der Waals surface area contributed by atoms with E-state index in [1.165, 1.54) is 6.33 Å². The first kappa shape index (κ1) is 8.22. The molecule has 0 radical (unpaired) electrons. The third-order valence-electron chi connectivity index (χ3n) is 2.35. The van der Waals surface area contributed by atoms with Crippen LogP contribution in [-0.2, 0) is 4.74 Å². The molecule has 1 atom stereocenters. The van der Waals surface area contributed by atoms with E-state index in [2.05, 4.69) is 15.0 Å². The second-order valence-electron chi connectivity index (χ2n) is 3.25. The van der Waals surface area contributed by atoms with E-state index in [0.29, 0.717) is 11.2 Å². The summed E-state index contributed by atoms with van der Waals surface area (Å²) in [6.07, 6.45) is 7.13. The normalized spacial score (nSPS) is 19.6. The fourth-order valence-corrected chi connectivity index (χ4v) is 1.63. The Labute approximate surface area is 84.2 Å². The molecule has 0 bridgehead atoms. The molecule has 3 heterocycles. The average molecular weight is 204 g/mol. The first-order valence-electron chi connectivity index (χ1n) is 4.57. The van der Waals surface area contributed by atoms with Crippen molar-refractivity contribution in [2.24, 2.45) is 0 Å². The Morgan fingerprint density at radius 2 is 2.47 bits per heavy atom. The predicted molar refractivity (Wildman–Crippen MR) is 52.0 cm³/mol. The van der Waals surface area contributed by atoms with E-state index < -0.39 is 0 Å². The number of nitrogens with one attached hydrogen (secondary N) is 1. The molecular weight excluding hydrogens is 196 g/mol. The summed E-state index contributed by atoms with van der Waals surface area (Å²) in [5.74, 6) is 0. The first-order chi connectivity index (χ1) is 7.36. The number of aromatic amines is 1. The number of hydrogen-bond acceptors (Lipinski definition) is 4. The van der Waals surface area contributed by atoms with Crippen LogP contribution in [0.2, 0.25) is 0 Å². The molecule has 0 aliphatic carbocycles. The minimum atomic E-state index is -0.232. The van der Waals surface area contributed by atoms with Gasteiger partial charge in [0.1, 0.15) is 6.33 Å². The summed E-state index contributed by atoms with van der Waals surface area (Å²) >= 11 is 0.